The molecule has 228 valence electrons. The van der Waals surface area contributed by atoms with E-state index in [-0.39, 0.29) is 39.3 Å². The molecule has 2 fully saturated rings. The molecule has 0 unspecified atom stereocenters. The van der Waals surface area contributed by atoms with Crippen LogP contribution >= 0.6 is 0 Å². The molecule has 2 aromatic carbocycles. The highest BCUT2D eigenvalue weighted by molar-refractivity contribution is 6.30. The maximum atomic E-state index is 14.0. The number of benzene rings is 2. The van der Waals surface area contributed by atoms with Gasteiger partial charge in [0.1, 0.15) is 60.3 Å². The van der Waals surface area contributed by atoms with Crippen LogP contribution in [0.1, 0.15) is 37.4 Å². The van der Waals surface area contributed by atoms with Crippen LogP contribution in [-0.4, -0.2) is 132 Å². The number of aliphatic hydroxyl groups is 9. The molecular formula is C27H30O15. The lowest BCUT2D eigenvalue weighted by Crippen LogP contribution is -2.60. The third kappa shape index (κ3) is 5.08. The molecule has 3 aliphatic rings. The summed E-state index contributed by atoms with van der Waals surface area (Å²) >= 11 is 0. The molecule has 42 heavy (non-hydrogen) atoms. The first-order valence-corrected chi connectivity index (χ1v) is 13.0. The van der Waals surface area contributed by atoms with Crippen LogP contribution < -0.4 is 9.47 Å². The Kier molecular flexibility index (Phi) is 8.62. The highest BCUT2D eigenvalue weighted by Crippen LogP contribution is 2.40. The minimum atomic E-state index is -1.84. The molecule has 0 amide bonds. The molecule has 0 spiro atoms. The zero-order chi connectivity index (χ0) is 30.5. The summed E-state index contributed by atoms with van der Waals surface area (Å²) in [6, 6.07) is 6.48. The van der Waals surface area contributed by atoms with Crippen LogP contribution in [0, 0.1) is 0 Å². The van der Waals surface area contributed by atoms with Gasteiger partial charge >= 0.3 is 0 Å². The van der Waals surface area contributed by atoms with Crippen LogP contribution in [0.15, 0.2) is 30.3 Å². The highest BCUT2D eigenvalue weighted by Gasteiger charge is 2.47. The summed E-state index contributed by atoms with van der Waals surface area (Å²) in [6.45, 7) is -2.05. The van der Waals surface area contributed by atoms with Gasteiger partial charge in [0, 0.05) is 11.1 Å². The number of ketones is 2. The van der Waals surface area contributed by atoms with Crippen molar-refractivity contribution < 1.29 is 74.5 Å². The molecule has 0 saturated carbocycles. The van der Waals surface area contributed by atoms with Gasteiger partial charge < -0.3 is 64.9 Å². The van der Waals surface area contributed by atoms with Crippen LogP contribution in [0.25, 0.3) is 0 Å². The fourth-order valence-electron chi connectivity index (χ4n) is 5.17. The van der Waals surface area contributed by atoms with E-state index in [2.05, 4.69) is 0 Å². The van der Waals surface area contributed by atoms with Gasteiger partial charge in [-0.05, 0) is 23.8 Å². The smallest absolute Gasteiger partial charge is 0.229 e. The third-order valence-corrected chi connectivity index (χ3v) is 7.50. The summed E-state index contributed by atoms with van der Waals surface area (Å²) in [5, 5.41) is 90.1. The van der Waals surface area contributed by atoms with E-state index in [1.54, 1.807) is 0 Å². The van der Waals surface area contributed by atoms with Gasteiger partial charge in [0.05, 0.1) is 30.9 Å². The van der Waals surface area contributed by atoms with Gasteiger partial charge in [0.15, 0.2) is 5.78 Å². The first kappa shape index (κ1) is 30.4. The van der Waals surface area contributed by atoms with Crippen LogP contribution in [0.2, 0.25) is 0 Å². The maximum absolute atomic E-state index is 14.0. The minimum absolute atomic E-state index is 0.122. The summed E-state index contributed by atoms with van der Waals surface area (Å²) in [7, 11) is 0. The molecule has 1 aliphatic carbocycles. The number of carbonyl (C=O) groups is 2. The summed E-state index contributed by atoms with van der Waals surface area (Å²) in [5.74, 6) is -2.12. The summed E-state index contributed by atoms with van der Waals surface area (Å²) in [4.78, 5) is 27.6. The van der Waals surface area contributed by atoms with Crippen molar-refractivity contribution in [2.45, 2.75) is 68.0 Å². The van der Waals surface area contributed by atoms with E-state index >= 15 is 0 Å². The van der Waals surface area contributed by atoms with Crippen molar-refractivity contribution in [1.82, 2.24) is 0 Å². The lowest BCUT2D eigenvalue weighted by atomic mass is 9.82. The molecule has 0 radical (unpaired) electrons. The van der Waals surface area contributed by atoms with Crippen molar-refractivity contribution in [3.8, 4) is 11.5 Å². The molecule has 2 aromatic rings. The van der Waals surface area contributed by atoms with Gasteiger partial charge in [-0.1, -0.05) is 12.1 Å². The van der Waals surface area contributed by atoms with E-state index in [0.29, 0.717) is 0 Å². The predicted octanol–water partition coefficient (Wildman–Crippen LogP) is -3.69. The SMILES string of the molecule is O=C1c2cccc(O[C@H]3O[C@H](CO)[C@@H](O)[C@H](O)[C@H]3O)c2C(=O)c2c(O[C@H]3O[C@H](CO)[C@@H](O)[C@H](O)[C@H]3O)cc(CO)cc21. The summed E-state index contributed by atoms with van der Waals surface area (Å²) in [5.41, 5.74) is -0.771. The Morgan fingerprint density at radius 3 is 1.67 bits per heavy atom. The van der Waals surface area contributed by atoms with Crippen molar-refractivity contribution in [3.05, 3.63) is 58.1 Å². The Labute approximate surface area is 237 Å². The normalized spacial score (nSPS) is 34.5. The number of ether oxygens (including phenoxy) is 4. The second kappa shape index (κ2) is 11.9. The lowest BCUT2D eigenvalue weighted by Gasteiger charge is -2.40. The fourth-order valence-corrected chi connectivity index (χ4v) is 5.17. The van der Waals surface area contributed by atoms with Crippen LogP contribution in [-0.2, 0) is 16.1 Å². The number of fused-ring (bicyclic) bond motifs is 2. The van der Waals surface area contributed by atoms with Crippen molar-refractivity contribution >= 4 is 11.6 Å². The van der Waals surface area contributed by atoms with Gasteiger partial charge in [-0.15, -0.1) is 0 Å². The van der Waals surface area contributed by atoms with Crippen molar-refractivity contribution in [2.24, 2.45) is 0 Å². The molecule has 15 nitrogen and oxygen atoms in total. The molecule has 0 bridgehead atoms. The summed E-state index contributed by atoms with van der Waals surface area (Å²) < 4.78 is 22.2. The average Bonchev–Trinajstić information content (AvgIpc) is 2.99. The third-order valence-electron chi connectivity index (χ3n) is 7.50. The molecule has 2 aliphatic heterocycles. The zero-order valence-corrected chi connectivity index (χ0v) is 21.8. The maximum Gasteiger partial charge on any atom is 0.229 e. The predicted molar refractivity (Wildman–Crippen MR) is 134 cm³/mol. The second-order valence-electron chi connectivity index (χ2n) is 10.1. The van der Waals surface area contributed by atoms with Crippen molar-refractivity contribution in [2.75, 3.05) is 13.2 Å². The molecule has 9 N–H and O–H groups in total. The number of hydrogen-bond acceptors (Lipinski definition) is 15. The highest BCUT2D eigenvalue weighted by atomic mass is 16.7. The Morgan fingerprint density at radius 2 is 1.14 bits per heavy atom. The fraction of sp³-hybridized carbons (Fsp3) is 0.481. The number of carbonyl (C=O) groups excluding carboxylic acids is 2. The van der Waals surface area contributed by atoms with Gasteiger partial charge in [0.25, 0.3) is 0 Å². The quantitative estimate of drug-likeness (QED) is 0.128. The van der Waals surface area contributed by atoms with E-state index < -0.39 is 92.8 Å². The van der Waals surface area contributed by atoms with E-state index in [0.717, 1.165) is 0 Å². The molecule has 15 heteroatoms. The first-order valence-electron chi connectivity index (χ1n) is 13.0. The molecule has 0 aromatic heterocycles. The summed E-state index contributed by atoms with van der Waals surface area (Å²) in [6.07, 6.45) is -16.6. The molecule has 10 atom stereocenters. The first-order chi connectivity index (χ1) is 20.0. The number of hydrogen-bond donors (Lipinski definition) is 9. The van der Waals surface area contributed by atoms with Gasteiger partial charge in [-0.25, -0.2) is 0 Å². The Hall–Kier alpha value is -3.06. The monoisotopic (exact) mass is 594 g/mol. The van der Waals surface area contributed by atoms with E-state index in [1.165, 1.54) is 30.3 Å². The van der Waals surface area contributed by atoms with Gasteiger partial charge in [-0.3, -0.25) is 9.59 Å². The lowest BCUT2D eigenvalue weighted by molar-refractivity contribution is -0.277. The van der Waals surface area contributed by atoms with E-state index in [9.17, 15) is 55.5 Å². The average molecular weight is 595 g/mol. The molecule has 5 rings (SSSR count). The molecular weight excluding hydrogens is 564 g/mol. The number of rotatable bonds is 7. The van der Waals surface area contributed by atoms with Crippen molar-refractivity contribution in [1.29, 1.82) is 0 Å². The van der Waals surface area contributed by atoms with Gasteiger partial charge in [-0.2, -0.15) is 0 Å². The van der Waals surface area contributed by atoms with Crippen LogP contribution in [0.4, 0.5) is 0 Å². The largest absolute Gasteiger partial charge is 0.461 e. The standard InChI is InChI=1S/C27H30O15/c28-6-9-4-11-17(13(5-9)40-27-25(38)23(36)20(33)15(8-30)42-27)21(34)16-10(18(11)31)2-1-3-12(16)39-26-24(37)22(35)19(32)14(7-29)41-26/h1-5,14-15,19-20,22-30,32-33,35-38H,6-8H2/t14-,15-,19-,20-,22+,23+,24-,25-,26+,27+/m1/s1. The molecule has 2 saturated heterocycles. The van der Waals surface area contributed by atoms with E-state index in [4.69, 9.17) is 18.9 Å². The molecule has 2 heterocycles. The minimum Gasteiger partial charge on any atom is -0.461 e. The Morgan fingerprint density at radius 1 is 0.619 bits per heavy atom. The Bertz CT molecular complexity index is 1340. The Balaban J connectivity index is 1.54. The topological polar surface area (TPSA) is 253 Å². The van der Waals surface area contributed by atoms with Crippen LogP contribution in [0.5, 0.6) is 11.5 Å². The van der Waals surface area contributed by atoms with Gasteiger partial charge in [0.2, 0.25) is 18.4 Å². The van der Waals surface area contributed by atoms with Crippen molar-refractivity contribution in [3.63, 3.8) is 0 Å². The van der Waals surface area contributed by atoms with Crippen LogP contribution in [0.3, 0.4) is 0 Å². The van der Waals surface area contributed by atoms with E-state index in [1.807, 2.05) is 0 Å². The number of aliphatic hydroxyl groups excluding tert-OH is 9. The zero-order valence-electron chi connectivity index (χ0n) is 21.8. The second-order valence-corrected chi connectivity index (χ2v) is 10.1.